The SMILES string of the molecule is Cc1ccc(NC(=O)c2n[nH]c3c2CNCC3)cc1Cl. The number of aromatic amines is 1. The number of H-pyrrole nitrogens is 1. The van der Waals surface area contributed by atoms with Crippen molar-refractivity contribution in [1.29, 1.82) is 0 Å². The van der Waals surface area contributed by atoms with Gasteiger partial charge in [0.2, 0.25) is 0 Å². The Morgan fingerprint density at radius 2 is 2.30 bits per heavy atom. The molecule has 0 spiro atoms. The lowest BCUT2D eigenvalue weighted by Crippen LogP contribution is -2.25. The predicted molar refractivity (Wildman–Crippen MR) is 78.1 cm³/mol. The van der Waals surface area contributed by atoms with Crippen LogP contribution in [0.15, 0.2) is 18.2 Å². The number of aromatic nitrogens is 2. The number of nitrogens with one attached hydrogen (secondary N) is 3. The van der Waals surface area contributed by atoms with Crippen molar-refractivity contribution < 1.29 is 4.79 Å². The molecule has 1 aromatic heterocycles. The Balaban J connectivity index is 1.82. The number of nitrogens with zero attached hydrogens (tertiary/aromatic N) is 1. The van der Waals surface area contributed by atoms with Gasteiger partial charge in [-0.1, -0.05) is 17.7 Å². The van der Waals surface area contributed by atoms with Crippen LogP contribution in [0.2, 0.25) is 5.02 Å². The largest absolute Gasteiger partial charge is 0.321 e. The van der Waals surface area contributed by atoms with Gasteiger partial charge in [0, 0.05) is 41.5 Å². The van der Waals surface area contributed by atoms with Crippen molar-refractivity contribution in [2.24, 2.45) is 0 Å². The minimum absolute atomic E-state index is 0.217. The number of aryl methyl sites for hydroxylation is 1. The standard InChI is InChI=1S/C14H15ClN4O/c1-8-2-3-9(6-11(8)15)17-14(20)13-10-7-16-5-4-12(10)18-19-13/h2-3,6,16H,4-5,7H2,1H3,(H,17,20)(H,18,19). The van der Waals surface area contributed by atoms with Crippen LogP contribution in [-0.4, -0.2) is 22.6 Å². The summed E-state index contributed by atoms with van der Waals surface area (Å²) in [5, 5.41) is 13.8. The molecule has 0 fully saturated rings. The average Bonchev–Trinajstić information content (AvgIpc) is 2.87. The van der Waals surface area contributed by atoms with E-state index in [1.54, 1.807) is 6.07 Å². The van der Waals surface area contributed by atoms with Crippen LogP contribution < -0.4 is 10.6 Å². The lowest BCUT2D eigenvalue weighted by atomic mass is 10.1. The van der Waals surface area contributed by atoms with Crippen molar-refractivity contribution in [3.05, 3.63) is 45.7 Å². The molecule has 2 aromatic rings. The molecule has 0 bridgehead atoms. The number of anilines is 1. The number of hydrogen-bond acceptors (Lipinski definition) is 3. The highest BCUT2D eigenvalue weighted by molar-refractivity contribution is 6.31. The van der Waals surface area contributed by atoms with Gasteiger partial charge in [-0.05, 0) is 24.6 Å². The molecule has 3 rings (SSSR count). The fraction of sp³-hybridized carbons (Fsp3) is 0.286. The maximum atomic E-state index is 12.3. The summed E-state index contributed by atoms with van der Waals surface area (Å²) < 4.78 is 0. The molecule has 0 saturated heterocycles. The Morgan fingerprint density at radius 1 is 1.45 bits per heavy atom. The third-order valence-corrected chi connectivity index (χ3v) is 3.86. The van der Waals surface area contributed by atoms with Crippen molar-refractivity contribution in [2.75, 3.05) is 11.9 Å². The first kappa shape index (κ1) is 13.1. The minimum atomic E-state index is -0.217. The van der Waals surface area contributed by atoms with Gasteiger partial charge in [0.15, 0.2) is 5.69 Å². The number of rotatable bonds is 2. The fourth-order valence-electron chi connectivity index (χ4n) is 2.27. The van der Waals surface area contributed by atoms with Crippen molar-refractivity contribution in [3.8, 4) is 0 Å². The number of benzene rings is 1. The van der Waals surface area contributed by atoms with Crippen molar-refractivity contribution >= 4 is 23.2 Å². The summed E-state index contributed by atoms with van der Waals surface area (Å²) in [4.78, 5) is 12.3. The van der Waals surface area contributed by atoms with Crippen LogP contribution in [0.5, 0.6) is 0 Å². The molecule has 0 unspecified atom stereocenters. The second-order valence-corrected chi connectivity index (χ2v) is 5.28. The molecule has 0 radical (unpaired) electrons. The zero-order valence-corrected chi connectivity index (χ0v) is 11.8. The molecular formula is C14H15ClN4O. The highest BCUT2D eigenvalue weighted by Gasteiger charge is 2.21. The smallest absolute Gasteiger partial charge is 0.276 e. The molecule has 2 heterocycles. The van der Waals surface area contributed by atoms with E-state index in [2.05, 4.69) is 20.8 Å². The van der Waals surface area contributed by atoms with E-state index in [0.29, 0.717) is 22.9 Å². The van der Waals surface area contributed by atoms with E-state index in [1.165, 1.54) is 0 Å². The Kier molecular flexibility index (Phi) is 3.46. The first-order valence-corrected chi connectivity index (χ1v) is 6.87. The Morgan fingerprint density at radius 3 is 3.10 bits per heavy atom. The number of hydrogen-bond donors (Lipinski definition) is 3. The first-order chi connectivity index (χ1) is 9.65. The second-order valence-electron chi connectivity index (χ2n) is 4.87. The van der Waals surface area contributed by atoms with E-state index in [9.17, 15) is 4.79 Å². The van der Waals surface area contributed by atoms with Gasteiger partial charge in [-0.15, -0.1) is 0 Å². The zero-order valence-electron chi connectivity index (χ0n) is 11.1. The number of fused-ring (bicyclic) bond motifs is 1. The van der Waals surface area contributed by atoms with Gasteiger partial charge in [-0.3, -0.25) is 9.89 Å². The van der Waals surface area contributed by atoms with Crippen molar-refractivity contribution in [2.45, 2.75) is 19.9 Å². The van der Waals surface area contributed by atoms with Crippen LogP contribution in [-0.2, 0) is 13.0 Å². The fourth-order valence-corrected chi connectivity index (χ4v) is 2.45. The maximum Gasteiger partial charge on any atom is 0.276 e. The highest BCUT2D eigenvalue weighted by Crippen LogP contribution is 2.21. The zero-order chi connectivity index (χ0) is 14.1. The summed E-state index contributed by atoms with van der Waals surface area (Å²) in [6.07, 6.45) is 0.867. The summed E-state index contributed by atoms with van der Waals surface area (Å²) in [6.45, 7) is 3.50. The van der Waals surface area contributed by atoms with E-state index in [-0.39, 0.29) is 5.91 Å². The van der Waals surface area contributed by atoms with E-state index in [1.807, 2.05) is 19.1 Å². The second kappa shape index (κ2) is 5.26. The maximum absolute atomic E-state index is 12.3. The first-order valence-electron chi connectivity index (χ1n) is 6.49. The number of carbonyl (C=O) groups is 1. The molecule has 6 heteroatoms. The Hall–Kier alpha value is -1.85. The third-order valence-electron chi connectivity index (χ3n) is 3.45. The van der Waals surface area contributed by atoms with Crippen LogP contribution in [0.25, 0.3) is 0 Å². The van der Waals surface area contributed by atoms with Gasteiger partial charge in [0.1, 0.15) is 0 Å². The van der Waals surface area contributed by atoms with Crippen LogP contribution in [0.3, 0.4) is 0 Å². The molecule has 1 aliphatic heterocycles. The lowest BCUT2D eigenvalue weighted by Gasteiger charge is -2.13. The van der Waals surface area contributed by atoms with Crippen LogP contribution in [0, 0.1) is 6.92 Å². The van der Waals surface area contributed by atoms with Gasteiger partial charge >= 0.3 is 0 Å². The van der Waals surface area contributed by atoms with Gasteiger partial charge < -0.3 is 10.6 Å². The molecule has 0 atom stereocenters. The molecule has 5 nitrogen and oxygen atoms in total. The van der Waals surface area contributed by atoms with E-state index in [0.717, 1.165) is 29.8 Å². The van der Waals surface area contributed by atoms with Crippen molar-refractivity contribution in [1.82, 2.24) is 15.5 Å². The molecule has 104 valence electrons. The van der Waals surface area contributed by atoms with E-state index < -0.39 is 0 Å². The molecular weight excluding hydrogens is 276 g/mol. The number of amides is 1. The quantitative estimate of drug-likeness (QED) is 0.795. The molecule has 1 aliphatic rings. The van der Waals surface area contributed by atoms with E-state index >= 15 is 0 Å². The van der Waals surface area contributed by atoms with Crippen LogP contribution in [0.4, 0.5) is 5.69 Å². The Labute approximate surface area is 121 Å². The monoisotopic (exact) mass is 290 g/mol. The molecule has 0 saturated carbocycles. The summed E-state index contributed by atoms with van der Waals surface area (Å²) in [5.74, 6) is -0.217. The minimum Gasteiger partial charge on any atom is -0.321 e. The predicted octanol–water partition coefficient (Wildman–Crippen LogP) is 2.27. The molecule has 3 N–H and O–H groups in total. The molecule has 1 aromatic carbocycles. The normalized spacial score (nSPS) is 13.9. The summed E-state index contributed by atoms with van der Waals surface area (Å²) in [5.41, 5.74) is 4.09. The topological polar surface area (TPSA) is 69.8 Å². The summed E-state index contributed by atoms with van der Waals surface area (Å²) in [7, 11) is 0. The number of carbonyl (C=O) groups excluding carboxylic acids is 1. The third kappa shape index (κ3) is 2.42. The average molecular weight is 291 g/mol. The summed E-state index contributed by atoms with van der Waals surface area (Å²) in [6, 6.07) is 5.45. The van der Waals surface area contributed by atoms with Gasteiger partial charge in [0.25, 0.3) is 5.91 Å². The highest BCUT2D eigenvalue weighted by atomic mass is 35.5. The van der Waals surface area contributed by atoms with Gasteiger partial charge in [-0.2, -0.15) is 5.10 Å². The molecule has 20 heavy (non-hydrogen) atoms. The molecule has 1 amide bonds. The number of halogens is 1. The summed E-state index contributed by atoms with van der Waals surface area (Å²) >= 11 is 6.05. The van der Waals surface area contributed by atoms with Gasteiger partial charge in [0.05, 0.1) is 0 Å². The molecule has 0 aliphatic carbocycles. The Bertz CT molecular complexity index is 665. The van der Waals surface area contributed by atoms with Gasteiger partial charge in [-0.25, -0.2) is 0 Å². The van der Waals surface area contributed by atoms with Crippen molar-refractivity contribution in [3.63, 3.8) is 0 Å². The van der Waals surface area contributed by atoms with E-state index in [4.69, 9.17) is 11.6 Å². The van der Waals surface area contributed by atoms with Crippen LogP contribution in [0.1, 0.15) is 27.3 Å². The van der Waals surface area contributed by atoms with Crippen LogP contribution >= 0.6 is 11.6 Å². The lowest BCUT2D eigenvalue weighted by molar-refractivity contribution is 0.102.